The summed E-state index contributed by atoms with van der Waals surface area (Å²) in [5.74, 6) is 5.46. The average molecular weight is 431 g/mol. The SMILES string of the molecule is CC(=S)CC(=O)CCC(C)C1CCC2C3CCC4CC(=O)CCC4(C)C3CCC12C. The summed E-state index contributed by atoms with van der Waals surface area (Å²) in [7, 11) is 0. The van der Waals surface area contributed by atoms with Gasteiger partial charge in [0, 0.05) is 25.7 Å². The number of thiocarbonyl (C=S) groups is 1. The van der Waals surface area contributed by atoms with Crippen LogP contribution in [0.3, 0.4) is 0 Å². The number of ketones is 2. The number of Topliss-reactive ketones (excluding diaryl/α,β-unsaturated/α-hetero) is 2. The van der Waals surface area contributed by atoms with Gasteiger partial charge in [-0.15, -0.1) is 0 Å². The van der Waals surface area contributed by atoms with E-state index >= 15 is 0 Å². The molecule has 30 heavy (non-hydrogen) atoms. The predicted molar refractivity (Wildman–Crippen MR) is 127 cm³/mol. The Morgan fingerprint density at radius 2 is 1.80 bits per heavy atom. The number of hydrogen-bond acceptors (Lipinski definition) is 3. The minimum atomic E-state index is 0.329. The summed E-state index contributed by atoms with van der Waals surface area (Å²) in [5, 5.41) is 0. The maximum atomic E-state index is 12.2. The number of carbonyl (C=O) groups is 2. The van der Waals surface area contributed by atoms with Gasteiger partial charge in [-0.1, -0.05) is 33.0 Å². The van der Waals surface area contributed by atoms with Crippen LogP contribution in [0.25, 0.3) is 0 Å². The summed E-state index contributed by atoms with van der Waals surface area (Å²) in [4.78, 5) is 25.1. The molecule has 0 saturated heterocycles. The van der Waals surface area contributed by atoms with E-state index in [1.54, 1.807) is 0 Å². The average Bonchev–Trinajstić information content (AvgIpc) is 3.03. The minimum Gasteiger partial charge on any atom is -0.300 e. The van der Waals surface area contributed by atoms with Gasteiger partial charge in [-0.2, -0.15) is 0 Å². The molecule has 0 aromatic rings. The molecule has 0 bridgehead atoms. The van der Waals surface area contributed by atoms with Gasteiger partial charge in [-0.3, -0.25) is 9.59 Å². The van der Waals surface area contributed by atoms with Crippen molar-refractivity contribution in [1.29, 1.82) is 0 Å². The lowest BCUT2D eigenvalue weighted by atomic mass is 9.44. The molecule has 8 atom stereocenters. The highest BCUT2D eigenvalue weighted by Gasteiger charge is 2.60. The van der Waals surface area contributed by atoms with Crippen LogP contribution in [-0.4, -0.2) is 16.4 Å². The number of carbonyl (C=O) groups excluding carboxylic acids is 2. The Kier molecular flexibility index (Phi) is 6.34. The third-order valence-corrected chi connectivity index (χ3v) is 10.7. The first-order valence-corrected chi connectivity index (χ1v) is 13.1. The highest BCUT2D eigenvalue weighted by Crippen LogP contribution is 2.68. The molecule has 0 N–H and O–H groups in total. The van der Waals surface area contributed by atoms with Crippen LogP contribution in [0.1, 0.15) is 105 Å². The Morgan fingerprint density at radius 1 is 1.07 bits per heavy atom. The lowest BCUT2D eigenvalue weighted by Gasteiger charge is -2.60. The first kappa shape index (κ1) is 22.6. The van der Waals surface area contributed by atoms with Gasteiger partial charge in [-0.25, -0.2) is 0 Å². The van der Waals surface area contributed by atoms with Crippen molar-refractivity contribution < 1.29 is 9.59 Å². The Hall–Kier alpha value is -0.570. The van der Waals surface area contributed by atoms with Gasteiger partial charge < -0.3 is 0 Å². The van der Waals surface area contributed by atoms with E-state index in [1.165, 1.54) is 38.5 Å². The molecule has 0 aromatic heterocycles. The summed E-state index contributed by atoms with van der Waals surface area (Å²) in [6.07, 6.45) is 13.1. The molecule has 0 spiro atoms. The van der Waals surface area contributed by atoms with Gasteiger partial charge in [-0.05, 0) is 109 Å². The van der Waals surface area contributed by atoms with E-state index in [4.69, 9.17) is 12.2 Å². The molecule has 4 saturated carbocycles. The second-order valence-corrected chi connectivity index (χ2v) is 12.8. The van der Waals surface area contributed by atoms with Gasteiger partial charge in [0.25, 0.3) is 0 Å². The normalized spacial score (nSPS) is 44.0. The van der Waals surface area contributed by atoms with Crippen LogP contribution in [0, 0.1) is 46.3 Å². The lowest BCUT2D eigenvalue weighted by molar-refractivity contribution is -0.140. The van der Waals surface area contributed by atoms with Crippen molar-refractivity contribution in [3.8, 4) is 0 Å². The molecule has 0 radical (unpaired) electrons. The molecule has 4 aliphatic rings. The topological polar surface area (TPSA) is 34.1 Å². The smallest absolute Gasteiger partial charge is 0.137 e. The third kappa shape index (κ3) is 3.86. The molecule has 168 valence electrons. The fourth-order valence-corrected chi connectivity index (χ4v) is 9.14. The van der Waals surface area contributed by atoms with Crippen LogP contribution in [0.4, 0.5) is 0 Å². The second-order valence-electron chi connectivity index (χ2n) is 12.1. The van der Waals surface area contributed by atoms with Gasteiger partial charge in [0.05, 0.1) is 0 Å². The van der Waals surface area contributed by atoms with Gasteiger partial charge in [0.1, 0.15) is 11.6 Å². The zero-order valence-electron chi connectivity index (χ0n) is 19.7. The van der Waals surface area contributed by atoms with E-state index in [2.05, 4.69) is 20.8 Å². The molecule has 3 heteroatoms. The molecular formula is C27H42O2S. The molecule has 0 amide bonds. The largest absolute Gasteiger partial charge is 0.300 e. The van der Waals surface area contributed by atoms with Crippen molar-refractivity contribution in [1.82, 2.24) is 0 Å². The van der Waals surface area contributed by atoms with Crippen molar-refractivity contribution in [2.24, 2.45) is 46.3 Å². The van der Waals surface area contributed by atoms with E-state index in [1.807, 2.05) is 6.92 Å². The summed E-state index contributed by atoms with van der Waals surface area (Å²) >= 11 is 5.12. The summed E-state index contributed by atoms with van der Waals surface area (Å²) in [6.45, 7) is 9.44. The Morgan fingerprint density at radius 3 is 2.53 bits per heavy atom. The van der Waals surface area contributed by atoms with Crippen LogP contribution in [0.15, 0.2) is 0 Å². The fraction of sp³-hybridized carbons (Fsp3) is 0.889. The van der Waals surface area contributed by atoms with Crippen LogP contribution in [0.5, 0.6) is 0 Å². The summed E-state index contributed by atoms with van der Waals surface area (Å²) in [6, 6.07) is 0. The predicted octanol–water partition coefficient (Wildman–Crippen LogP) is 6.98. The molecular weight excluding hydrogens is 388 g/mol. The zero-order valence-corrected chi connectivity index (χ0v) is 20.5. The summed E-state index contributed by atoms with van der Waals surface area (Å²) in [5.41, 5.74) is 0.865. The van der Waals surface area contributed by atoms with Crippen molar-refractivity contribution in [3.63, 3.8) is 0 Å². The van der Waals surface area contributed by atoms with E-state index in [0.717, 1.165) is 54.2 Å². The zero-order chi connectivity index (χ0) is 21.7. The summed E-state index contributed by atoms with van der Waals surface area (Å²) < 4.78 is 0. The molecule has 8 unspecified atom stereocenters. The number of fused-ring (bicyclic) bond motifs is 5. The standard InChI is InChI=1S/C27H42O2S/c1-17(5-7-20(28)15-18(2)30)23-9-10-24-22-8-6-19-16-21(29)11-13-26(19,3)25(22)12-14-27(23,24)4/h17,19,22-25H,5-16H2,1-4H3. The van der Waals surface area contributed by atoms with Crippen LogP contribution in [-0.2, 0) is 9.59 Å². The van der Waals surface area contributed by atoms with Crippen molar-refractivity contribution in [2.45, 2.75) is 105 Å². The Bertz CT molecular complexity index is 714. The Labute approximate surface area is 189 Å². The van der Waals surface area contributed by atoms with Gasteiger partial charge >= 0.3 is 0 Å². The monoisotopic (exact) mass is 430 g/mol. The van der Waals surface area contributed by atoms with E-state index in [-0.39, 0.29) is 0 Å². The van der Waals surface area contributed by atoms with Crippen LogP contribution < -0.4 is 0 Å². The highest BCUT2D eigenvalue weighted by atomic mass is 32.1. The lowest BCUT2D eigenvalue weighted by Crippen LogP contribution is -2.53. The van der Waals surface area contributed by atoms with Crippen molar-refractivity contribution in [3.05, 3.63) is 0 Å². The first-order valence-electron chi connectivity index (χ1n) is 12.7. The molecule has 4 fully saturated rings. The second kappa shape index (κ2) is 8.41. The van der Waals surface area contributed by atoms with Crippen molar-refractivity contribution in [2.75, 3.05) is 0 Å². The molecule has 2 nitrogen and oxygen atoms in total. The molecule has 0 heterocycles. The van der Waals surface area contributed by atoms with Gasteiger partial charge in [0.2, 0.25) is 0 Å². The quantitative estimate of drug-likeness (QED) is 0.426. The van der Waals surface area contributed by atoms with Crippen molar-refractivity contribution >= 4 is 28.6 Å². The van der Waals surface area contributed by atoms with Crippen LogP contribution >= 0.6 is 12.2 Å². The first-order chi connectivity index (χ1) is 14.1. The molecule has 0 aliphatic heterocycles. The third-order valence-electron chi connectivity index (χ3n) is 10.6. The van der Waals surface area contributed by atoms with E-state index < -0.39 is 0 Å². The molecule has 0 aromatic carbocycles. The Balaban J connectivity index is 1.44. The minimum absolute atomic E-state index is 0.329. The van der Waals surface area contributed by atoms with E-state index in [9.17, 15) is 9.59 Å². The maximum absolute atomic E-state index is 12.2. The number of rotatable bonds is 6. The molecule has 4 aliphatic carbocycles. The fourth-order valence-electron chi connectivity index (χ4n) is 8.98. The molecule has 4 rings (SSSR count). The maximum Gasteiger partial charge on any atom is 0.137 e. The number of hydrogen-bond donors (Lipinski definition) is 0. The van der Waals surface area contributed by atoms with E-state index in [0.29, 0.717) is 47.1 Å². The van der Waals surface area contributed by atoms with Gasteiger partial charge in [0.15, 0.2) is 0 Å². The highest BCUT2D eigenvalue weighted by molar-refractivity contribution is 7.80. The van der Waals surface area contributed by atoms with Crippen LogP contribution in [0.2, 0.25) is 0 Å².